The summed E-state index contributed by atoms with van der Waals surface area (Å²) in [5.41, 5.74) is 12.0. The zero-order valence-corrected chi connectivity index (χ0v) is 49.5. The number of aromatic nitrogens is 4. The average Bonchev–Trinajstić information content (AvgIpc) is 3.48. The zero-order valence-electron chi connectivity index (χ0n) is 45.8. The minimum atomic E-state index is 0.146. The highest BCUT2D eigenvalue weighted by Crippen LogP contribution is 2.34. The van der Waals surface area contributed by atoms with Crippen LogP contribution in [0.5, 0.6) is 0 Å². The van der Waals surface area contributed by atoms with Gasteiger partial charge in [0.15, 0.2) is 0 Å². The SMILES string of the molecule is CN(C)CCCN.CN(C)CCCNc1nc(CN2CCN(C(c3ccc(Cl)cc3)c3ccc(Cl)cc3)CC2)nc2ccccc12.Clc1ccc(C(c2ccc(Cl)cc2)N2CCN(Cc3nc(Cl)c4ccccc4n3)CC2)cc1. The standard InChI is InChI=1S/C31H36Cl2N6.C26H23Cl3N4.C5H14N2/c1-37(2)17-5-16-34-31-27-6-3-4-7-28(27)35-29(36-31)22-38-18-20-39(21-19-38)30(23-8-12-25(32)13-9-23)24-10-14-26(33)15-11-24;27-20-9-5-18(6-10-20)25(19-7-11-21(28)12-8-19)33-15-13-32(14-16-33)17-24-30-23-4-2-1-3-22(23)26(29)31-24;1-7(2)5-3-4-6/h3-4,6-15,30H,5,16-22H2,1-2H3,(H,34,35,36);1-12,25H,13-17H2;3-6H2,1-2H3. The van der Waals surface area contributed by atoms with E-state index < -0.39 is 0 Å². The topological polar surface area (TPSA) is 109 Å². The third-order valence-electron chi connectivity index (χ3n) is 14.2. The first-order chi connectivity index (χ1) is 38.3. The molecule has 2 saturated heterocycles. The quantitative estimate of drug-likeness (QED) is 0.0631. The Morgan fingerprint density at radius 3 is 1.22 bits per heavy atom. The lowest BCUT2D eigenvalue weighted by atomic mass is 9.96. The van der Waals surface area contributed by atoms with E-state index in [0.29, 0.717) is 11.7 Å². The molecule has 4 heterocycles. The summed E-state index contributed by atoms with van der Waals surface area (Å²) in [4.78, 5) is 33.4. The van der Waals surface area contributed by atoms with Crippen molar-refractivity contribution in [2.45, 2.75) is 38.0 Å². The van der Waals surface area contributed by atoms with Crippen LogP contribution in [0.1, 0.15) is 58.8 Å². The van der Waals surface area contributed by atoms with Crippen molar-refractivity contribution in [2.75, 3.05) is 112 Å². The Hall–Kier alpha value is -5.03. The second kappa shape index (κ2) is 30.1. The van der Waals surface area contributed by atoms with Gasteiger partial charge in [0.05, 0.1) is 36.2 Å². The Bertz CT molecular complexity index is 3020. The van der Waals surface area contributed by atoms with E-state index in [1.807, 2.05) is 84.9 Å². The Labute approximate surface area is 492 Å². The molecule has 8 aromatic rings. The van der Waals surface area contributed by atoms with E-state index in [1.54, 1.807) is 0 Å². The highest BCUT2D eigenvalue weighted by molar-refractivity contribution is 6.34. The van der Waals surface area contributed by atoms with E-state index in [2.05, 4.69) is 129 Å². The molecule has 0 unspecified atom stereocenters. The normalized spacial score (nSPS) is 14.7. The van der Waals surface area contributed by atoms with Crippen LogP contribution in [0.4, 0.5) is 5.82 Å². The maximum absolute atomic E-state index is 6.41. The maximum Gasteiger partial charge on any atom is 0.145 e. The second-order valence-corrected chi connectivity index (χ2v) is 22.7. The molecule has 3 N–H and O–H groups in total. The lowest BCUT2D eigenvalue weighted by molar-refractivity contribution is 0.103. The molecule has 79 heavy (non-hydrogen) atoms. The molecule has 0 saturated carbocycles. The molecule has 416 valence electrons. The molecule has 0 atom stereocenters. The minimum absolute atomic E-state index is 0.146. The van der Waals surface area contributed by atoms with Crippen LogP contribution in [0.3, 0.4) is 0 Å². The van der Waals surface area contributed by atoms with Crippen LogP contribution in [-0.2, 0) is 13.1 Å². The van der Waals surface area contributed by atoms with Gasteiger partial charge in [0.25, 0.3) is 0 Å². The number of rotatable bonds is 18. The van der Waals surface area contributed by atoms with Gasteiger partial charge < -0.3 is 20.9 Å². The third-order valence-corrected chi connectivity index (χ3v) is 15.4. The lowest BCUT2D eigenvalue weighted by Crippen LogP contribution is -2.47. The fraction of sp³-hybridized carbons (Fsp3) is 0.355. The first-order valence-electron chi connectivity index (χ1n) is 27.1. The highest BCUT2D eigenvalue weighted by atomic mass is 35.5. The zero-order chi connectivity index (χ0) is 55.7. The van der Waals surface area contributed by atoms with Crippen molar-refractivity contribution in [3.05, 3.63) is 205 Å². The fourth-order valence-corrected chi connectivity index (χ4v) is 10.8. The van der Waals surface area contributed by atoms with E-state index in [9.17, 15) is 0 Å². The van der Waals surface area contributed by atoms with Crippen molar-refractivity contribution < 1.29 is 0 Å². The average molecular weight is 1160 g/mol. The monoisotopic (exact) mass is 1160 g/mol. The Kier molecular flexibility index (Phi) is 22.9. The number of hydrogen-bond acceptors (Lipinski definition) is 12. The van der Waals surface area contributed by atoms with Gasteiger partial charge in [0.1, 0.15) is 22.6 Å². The van der Waals surface area contributed by atoms with E-state index in [0.717, 1.165) is 157 Å². The molecule has 0 spiro atoms. The summed E-state index contributed by atoms with van der Waals surface area (Å²) < 4.78 is 0. The van der Waals surface area contributed by atoms with Crippen LogP contribution >= 0.6 is 58.0 Å². The molecule has 10 rings (SSSR count). The van der Waals surface area contributed by atoms with Gasteiger partial charge in [-0.05, 0) is 156 Å². The number of benzene rings is 6. The number of para-hydroxylation sites is 2. The summed E-state index contributed by atoms with van der Waals surface area (Å²) in [6.45, 7) is 12.7. The molecular weight excluding hydrogens is 1090 g/mol. The first kappa shape index (κ1) is 60.1. The van der Waals surface area contributed by atoms with Gasteiger partial charge in [-0.15, -0.1) is 0 Å². The number of nitrogens with one attached hydrogen (secondary N) is 1. The summed E-state index contributed by atoms with van der Waals surface area (Å²) in [7, 11) is 8.31. The fourth-order valence-electron chi connectivity index (χ4n) is 10.1. The van der Waals surface area contributed by atoms with Crippen molar-refractivity contribution in [2.24, 2.45) is 5.73 Å². The summed E-state index contributed by atoms with van der Waals surface area (Å²) >= 11 is 31.1. The summed E-state index contributed by atoms with van der Waals surface area (Å²) in [5.74, 6) is 2.56. The molecule has 2 aliphatic rings. The van der Waals surface area contributed by atoms with Crippen LogP contribution in [0.2, 0.25) is 25.2 Å². The maximum atomic E-state index is 6.41. The molecule has 0 bridgehead atoms. The Morgan fingerprint density at radius 1 is 0.456 bits per heavy atom. The molecule has 2 aliphatic heterocycles. The summed E-state index contributed by atoms with van der Waals surface area (Å²) in [6, 6.07) is 49.1. The molecule has 0 aliphatic carbocycles. The van der Waals surface area contributed by atoms with E-state index in [-0.39, 0.29) is 12.1 Å². The largest absolute Gasteiger partial charge is 0.369 e. The highest BCUT2D eigenvalue weighted by Gasteiger charge is 2.29. The van der Waals surface area contributed by atoms with Crippen LogP contribution in [-0.4, -0.2) is 156 Å². The summed E-state index contributed by atoms with van der Waals surface area (Å²) in [6.07, 6.45) is 2.16. The molecular formula is C62H73Cl5N12. The molecule has 0 radical (unpaired) electrons. The number of fused-ring (bicyclic) bond motifs is 2. The number of piperazine rings is 2. The molecule has 6 aromatic carbocycles. The van der Waals surface area contributed by atoms with Crippen molar-refractivity contribution in [1.29, 1.82) is 0 Å². The van der Waals surface area contributed by atoms with Gasteiger partial charge in [-0.1, -0.05) is 131 Å². The predicted octanol–water partition coefficient (Wildman–Crippen LogP) is 12.6. The van der Waals surface area contributed by atoms with Gasteiger partial charge >= 0.3 is 0 Å². The molecule has 17 heteroatoms. The van der Waals surface area contributed by atoms with Gasteiger partial charge in [-0.3, -0.25) is 19.6 Å². The lowest BCUT2D eigenvalue weighted by Gasteiger charge is -2.39. The Morgan fingerprint density at radius 2 is 0.823 bits per heavy atom. The van der Waals surface area contributed by atoms with Gasteiger partial charge in [-0.2, -0.15) is 0 Å². The van der Waals surface area contributed by atoms with Crippen molar-refractivity contribution in [3.63, 3.8) is 0 Å². The number of hydrogen-bond donors (Lipinski definition) is 2. The molecule has 0 amide bonds. The molecule has 2 fully saturated rings. The van der Waals surface area contributed by atoms with Crippen molar-refractivity contribution in [1.82, 2.24) is 49.3 Å². The third kappa shape index (κ3) is 17.7. The number of nitrogens with two attached hydrogens (primary N) is 1. The van der Waals surface area contributed by atoms with Crippen LogP contribution in [0.15, 0.2) is 146 Å². The van der Waals surface area contributed by atoms with E-state index in [1.165, 1.54) is 22.3 Å². The number of halogens is 5. The van der Waals surface area contributed by atoms with E-state index >= 15 is 0 Å². The first-order valence-corrected chi connectivity index (χ1v) is 29.0. The van der Waals surface area contributed by atoms with Crippen molar-refractivity contribution >= 4 is 85.6 Å². The van der Waals surface area contributed by atoms with Crippen LogP contribution in [0.25, 0.3) is 21.8 Å². The molecule has 2 aromatic heterocycles. The van der Waals surface area contributed by atoms with Crippen molar-refractivity contribution in [3.8, 4) is 0 Å². The second-order valence-electron chi connectivity index (χ2n) is 20.6. The minimum Gasteiger partial charge on any atom is -0.369 e. The van der Waals surface area contributed by atoms with Gasteiger partial charge in [0.2, 0.25) is 0 Å². The summed E-state index contributed by atoms with van der Waals surface area (Å²) in [5, 5.41) is 9.03. The van der Waals surface area contributed by atoms with Gasteiger partial charge in [-0.25, -0.2) is 19.9 Å². The predicted molar refractivity (Wildman–Crippen MR) is 331 cm³/mol. The molecule has 12 nitrogen and oxygen atoms in total. The van der Waals surface area contributed by atoms with Gasteiger partial charge in [0, 0.05) is 89.8 Å². The van der Waals surface area contributed by atoms with E-state index in [4.69, 9.17) is 78.7 Å². The Balaban J connectivity index is 0.000000188. The smallest absolute Gasteiger partial charge is 0.145 e. The van der Waals surface area contributed by atoms with Crippen LogP contribution in [0, 0.1) is 0 Å². The van der Waals surface area contributed by atoms with Crippen LogP contribution < -0.4 is 11.1 Å². The number of nitrogens with zero attached hydrogens (tertiary/aromatic N) is 10. The number of anilines is 1.